The molecule has 0 aromatic carbocycles. The zero-order chi connectivity index (χ0) is 15.5. The number of hydrogen-bond donors (Lipinski definition) is 0. The standard InChI is InChI=1S/C18H17N3S/c1-12-6-7-13(2)22-14(3)11-21-16(12)18-17-15(8-10-20-18)5-4-9-19-17/h4-11,16H,3H2,1-2H3/b12-6?,13-7+,21-11-. The molecule has 0 spiro atoms. The minimum Gasteiger partial charge on any atom is -0.278 e. The van der Waals surface area contributed by atoms with Crippen LogP contribution in [0.2, 0.25) is 0 Å². The van der Waals surface area contributed by atoms with Crippen LogP contribution in [0, 0.1) is 0 Å². The molecule has 110 valence electrons. The molecule has 4 heteroatoms. The van der Waals surface area contributed by atoms with Gasteiger partial charge in [0.2, 0.25) is 0 Å². The number of aromatic nitrogens is 2. The van der Waals surface area contributed by atoms with Gasteiger partial charge in [0.1, 0.15) is 6.04 Å². The Morgan fingerprint density at radius 1 is 1.09 bits per heavy atom. The molecular weight excluding hydrogens is 290 g/mol. The van der Waals surface area contributed by atoms with Gasteiger partial charge in [0.25, 0.3) is 0 Å². The Balaban J connectivity index is 2.16. The molecule has 0 aliphatic carbocycles. The summed E-state index contributed by atoms with van der Waals surface area (Å²) < 4.78 is 0. The fourth-order valence-electron chi connectivity index (χ4n) is 2.39. The van der Waals surface area contributed by atoms with Crippen LogP contribution in [0.25, 0.3) is 10.9 Å². The number of rotatable bonds is 1. The first-order valence-electron chi connectivity index (χ1n) is 7.10. The number of fused-ring (bicyclic) bond motifs is 1. The van der Waals surface area contributed by atoms with Gasteiger partial charge in [0, 0.05) is 28.9 Å². The van der Waals surface area contributed by atoms with Gasteiger partial charge in [0.15, 0.2) is 0 Å². The summed E-state index contributed by atoms with van der Waals surface area (Å²) in [7, 11) is 0. The minimum absolute atomic E-state index is 0.141. The lowest BCUT2D eigenvalue weighted by Crippen LogP contribution is -2.03. The molecule has 1 aliphatic rings. The van der Waals surface area contributed by atoms with Crippen LogP contribution in [0.5, 0.6) is 0 Å². The van der Waals surface area contributed by atoms with Crippen molar-refractivity contribution in [3.8, 4) is 0 Å². The van der Waals surface area contributed by atoms with Crippen LogP contribution in [-0.4, -0.2) is 16.2 Å². The van der Waals surface area contributed by atoms with Crippen LogP contribution in [0.15, 0.2) is 69.7 Å². The van der Waals surface area contributed by atoms with E-state index in [1.807, 2.05) is 30.6 Å². The Bertz CT molecular complexity index is 813. The molecule has 0 N–H and O–H groups in total. The van der Waals surface area contributed by atoms with Crippen molar-refractivity contribution in [1.82, 2.24) is 9.97 Å². The van der Waals surface area contributed by atoms with Gasteiger partial charge < -0.3 is 0 Å². The van der Waals surface area contributed by atoms with E-state index in [1.54, 1.807) is 18.0 Å². The monoisotopic (exact) mass is 307 g/mol. The van der Waals surface area contributed by atoms with Crippen molar-refractivity contribution in [1.29, 1.82) is 0 Å². The molecule has 2 aromatic heterocycles. The molecule has 22 heavy (non-hydrogen) atoms. The van der Waals surface area contributed by atoms with E-state index in [0.717, 1.165) is 27.1 Å². The first-order chi connectivity index (χ1) is 10.6. The van der Waals surface area contributed by atoms with Crippen molar-refractivity contribution in [2.75, 3.05) is 0 Å². The van der Waals surface area contributed by atoms with E-state index in [4.69, 9.17) is 4.99 Å². The fraction of sp³-hybridized carbons (Fsp3) is 0.167. The van der Waals surface area contributed by atoms with Crippen LogP contribution in [0.3, 0.4) is 0 Å². The molecule has 3 rings (SSSR count). The van der Waals surface area contributed by atoms with E-state index in [9.17, 15) is 0 Å². The molecule has 0 radical (unpaired) electrons. The highest BCUT2D eigenvalue weighted by Gasteiger charge is 2.17. The Kier molecular flexibility index (Phi) is 4.20. The van der Waals surface area contributed by atoms with E-state index in [-0.39, 0.29) is 6.04 Å². The molecule has 0 saturated carbocycles. The highest BCUT2D eigenvalue weighted by Crippen LogP contribution is 2.32. The third-order valence-electron chi connectivity index (χ3n) is 3.48. The highest BCUT2D eigenvalue weighted by atomic mass is 32.2. The first-order valence-corrected chi connectivity index (χ1v) is 7.91. The number of thioether (sulfide) groups is 1. The van der Waals surface area contributed by atoms with Crippen LogP contribution in [-0.2, 0) is 0 Å². The van der Waals surface area contributed by atoms with Gasteiger partial charge in [0.05, 0.1) is 11.2 Å². The van der Waals surface area contributed by atoms with E-state index < -0.39 is 0 Å². The smallest absolute Gasteiger partial charge is 0.115 e. The first kappa shape index (κ1) is 14.7. The second-order valence-corrected chi connectivity index (χ2v) is 6.58. The third kappa shape index (κ3) is 3.02. The van der Waals surface area contributed by atoms with E-state index in [0.29, 0.717) is 0 Å². The lowest BCUT2D eigenvalue weighted by atomic mass is 10.0. The van der Waals surface area contributed by atoms with Crippen LogP contribution in [0.4, 0.5) is 0 Å². The lowest BCUT2D eigenvalue weighted by molar-refractivity contribution is 0.821. The third-order valence-corrected chi connectivity index (χ3v) is 4.31. The maximum absolute atomic E-state index is 4.71. The summed E-state index contributed by atoms with van der Waals surface area (Å²) in [6, 6.07) is 5.82. The normalized spacial score (nSPS) is 23.0. The average molecular weight is 307 g/mol. The Morgan fingerprint density at radius 2 is 1.95 bits per heavy atom. The van der Waals surface area contributed by atoms with Gasteiger partial charge in [-0.25, -0.2) is 0 Å². The number of nitrogens with zero attached hydrogens (tertiary/aromatic N) is 3. The molecule has 0 fully saturated rings. The van der Waals surface area contributed by atoms with Gasteiger partial charge in [-0.1, -0.05) is 36.6 Å². The molecule has 1 aliphatic heterocycles. The number of allylic oxidation sites excluding steroid dienone is 4. The number of aliphatic imine (C=N–C) groups is 1. The van der Waals surface area contributed by atoms with Crippen molar-refractivity contribution in [3.05, 3.63) is 70.4 Å². The Labute approximate surface area is 134 Å². The zero-order valence-corrected chi connectivity index (χ0v) is 13.5. The lowest BCUT2D eigenvalue weighted by Gasteiger charge is -2.14. The van der Waals surface area contributed by atoms with Crippen molar-refractivity contribution in [3.63, 3.8) is 0 Å². The maximum Gasteiger partial charge on any atom is 0.115 e. The molecule has 3 heterocycles. The maximum atomic E-state index is 4.71. The second-order valence-electron chi connectivity index (χ2n) is 5.21. The summed E-state index contributed by atoms with van der Waals surface area (Å²) >= 11 is 1.63. The largest absolute Gasteiger partial charge is 0.278 e. The van der Waals surface area contributed by atoms with Crippen molar-refractivity contribution < 1.29 is 0 Å². The summed E-state index contributed by atoms with van der Waals surface area (Å²) in [5.41, 5.74) is 2.92. The van der Waals surface area contributed by atoms with Crippen LogP contribution in [0.1, 0.15) is 25.6 Å². The molecule has 1 atom stereocenters. The average Bonchev–Trinajstić information content (AvgIpc) is 2.58. The van der Waals surface area contributed by atoms with E-state index in [2.05, 4.69) is 42.5 Å². The van der Waals surface area contributed by atoms with E-state index in [1.165, 1.54) is 4.91 Å². The zero-order valence-electron chi connectivity index (χ0n) is 12.7. The molecule has 1 unspecified atom stereocenters. The SMILES string of the molecule is C=C1/C=N\C(c2nccc3cccnc23)C(C)=C/C=C(\C)S1. The molecule has 0 amide bonds. The molecule has 2 aromatic rings. The number of hydrogen-bond acceptors (Lipinski definition) is 4. The molecule has 3 nitrogen and oxygen atoms in total. The predicted molar refractivity (Wildman–Crippen MR) is 95.0 cm³/mol. The summed E-state index contributed by atoms with van der Waals surface area (Å²) in [5, 5.41) is 1.08. The highest BCUT2D eigenvalue weighted by molar-refractivity contribution is 8.07. The van der Waals surface area contributed by atoms with Crippen LogP contribution < -0.4 is 0 Å². The summed E-state index contributed by atoms with van der Waals surface area (Å²) in [6.45, 7) is 8.19. The minimum atomic E-state index is -0.141. The molecular formula is C18H17N3S. The van der Waals surface area contributed by atoms with E-state index >= 15 is 0 Å². The van der Waals surface area contributed by atoms with Gasteiger partial charge in [-0.2, -0.15) is 0 Å². The van der Waals surface area contributed by atoms with Gasteiger partial charge in [-0.15, -0.1) is 0 Å². The van der Waals surface area contributed by atoms with Gasteiger partial charge >= 0.3 is 0 Å². The summed E-state index contributed by atoms with van der Waals surface area (Å²) in [4.78, 5) is 15.9. The topological polar surface area (TPSA) is 38.1 Å². The molecule has 0 bridgehead atoms. The predicted octanol–water partition coefficient (Wildman–Crippen LogP) is 4.85. The van der Waals surface area contributed by atoms with Gasteiger partial charge in [-0.05, 0) is 36.5 Å². The van der Waals surface area contributed by atoms with Gasteiger partial charge in [-0.3, -0.25) is 15.0 Å². The fourth-order valence-corrected chi connectivity index (χ4v) is 3.06. The van der Waals surface area contributed by atoms with Crippen molar-refractivity contribution in [2.24, 2.45) is 4.99 Å². The molecule has 0 saturated heterocycles. The number of pyridine rings is 2. The summed E-state index contributed by atoms with van der Waals surface area (Å²) in [5.74, 6) is 0. The second kappa shape index (κ2) is 6.28. The van der Waals surface area contributed by atoms with Crippen molar-refractivity contribution >= 4 is 28.9 Å². The summed E-state index contributed by atoms with van der Waals surface area (Å²) in [6.07, 6.45) is 9.65. The Hall–Kier alpha value is -2.20. The van der Waals surface area contributed by atoms with Crippen molar-refractivity contribution in [2.45, 2.75) is 19.9 Å². The quantitative estimate of drug-likeness (QED) is 0.755. The van der Waals surface area contributed by atoms with Crippen LogP contribution >= 0.6 is 11.8 Å². The Morgan fingerprint density at radius 3 is 2.82 bits per heavy atom.